The fourth-order valence-corrected chi connectivity index (χ4v) is 6.51. The van der Waals surface area contributed by atoms with Gasteiger partial charge in [0.25, 0.3) is 0 Å². The molecule has 1 aromatic carbocycles. The molecule has 0 amide bonds. The molecule has 0 bridgehead atoms. The van der Waals surface area contributed by atoms with E-state index in [1.165, 1.54) is 5.56 Å². The van der Waals surface area contributed by atoms with E-state index in [0.717, 1.165) is 12.8 Å². The fraction of sp³-hybridized carbons (Fsp3) is 0.647. The highest BCUT2D eigenvalue weighted by Gasteiger charge is 2.61. The van der Waals surface area contributed by atoms with Crippen molar-refractivity contribution in [1.29, 1.82) is 0 Å². The normalized spacial score (nSPS) is 30.0. The van der Waals surface area contributed by atoms with Crippen LogP contribution in [0, 0.1) is 0 Å². The number of benzene rings is 1. The van der Waals surface area contributed by atoms with Crippen molar-refractivity contribution in [1.82, 2.24) is 0 Å². The Morgan fingerprint density at radius 3 is 1.71 bits per heavy atom. The largest absolute Gasteiger partial charge is 0.409 e. The third-order valence-corrected chi connectivity index (χ3v) is 6.08. The molecule has 118 valence electrons. The summed E-state index contributed by atoms with van der Waals surface area (Å²) in [6, 6.07) is 10.7. The molecule has 2 rings (SSSR count). The maximum Gasteiger partial charge on any atom is 0.185 e. The molecule has 1 aliphatic rings. The SMILES string of the molecule is CC1(O[Si](C)(C)C)CCC1(O[Si](C)(C)C)c1ccccc1. The second-order valence-corrected chi connectivity index (χ2v) is 17.2. The first-order valence-electron chi connectivity index (χ1n) is 7.93. The first-order valence-corrected chi connectivity index (χ1v) is 14.8. The minimum absolute atomic E-state index is 0.195. The van der Waals surface area contributed by atoms with Gasteiger partial charge in [0.05, 0.1) is 5.60 Å². The monoisotopic (exact) mass is 322 g/mol. The van der Waals surface area contributed by atoms with Crippen molar-refractivity contribution in [2.24, 2.45) is 0 Å². The van der Waals surface area contributed by atoms with Crippen molar-refractivity contribution in [2.75, 3.05) is 0 Å². The minimum Gasteiger partial charge on any atom is -0.409 e. The average Bonchev–Trinajstić information content (AvgIpc) is 2.32. The molecule has 1 aliphatic carbocycles. The zero-order valence-electron chi connectivity index (χ0n) is 14.6. The van der Waals surface area contributed by atoms with Gasteiger partial charge in [-0.2, -0.15) is 0 Å². The lowest BCUT2D eigenvalue weighted by atomic mass is 9.63. The molecule has 1 saturated carbocycles. The molecule has 1 aromatic rings. The maximum atomic E-state index is 6.74. The Labute approximate surface area is 132 Å². The first kappa shape index (κ1) is 16.9. The Hall–Kier alpha value is -0.426. The first-order chi connectivity index (χ1) is 9.48. The van der Waals surface area contributed by atoms with Crippen molar-refractivity contribution >= 4 is 16.6 Å². The predicted molar refractivity (Wildman–Crippen MR) is 94.6 cm³/mol. The molecule has 2 unspecified atom stereocenters. The quantitative estimate of drug-likeness (QED) is 0.699. The van der Waals surface area contributed by atoms with Crippen LogP contribution < -0.4 is 0 Å². The van der Waals surface area contributed by atoms with Gasteiger partial charge in [-0.1, -0.05) is 30.3 Å². The van der Waals surface area contributed by atoms with Crippen LogP contribution in [0.15, 0.2) is 30.3 Å². The molecule has 2 nitrogen and oxygen atoms in total. The van der Waals surface area contributed by atoms with E-state index in [1.807, 2.05) is 0 Å². The molecule has 0 saturated heterocycles. The highest BCUT2D eigenvalue weighted by atomic mass is 28.4. The summed E-state index contributed by atoms with van der Waals surface area (Å²) < 4.78 is 13.4. The third-order valence-electron chi connectivity index (χ3n) is 4.06. The van der Waals surface area contributed by atoms with Gasteiger partial charge in [0, 0.05) is 0 Å². The summed E-state index contributed by atoms with van der Waals surface area (Å²) in [6.07, 6.45) is 2.14. The lowest BCUT2D eigenvalue weighted by Crippen LogP contribution is -2.66. The molecule has 0 aliphatic heterocycles. The fourth-order valence-electron chi connectivity index (χ4n) is 3.41. The second kappa shape index (κ2) is 5.34. The van der Waals surface area contributed by atoms with E-state index in [-0.39, 0.29) is 11.2 Å². The van der Waals surface area contributed by atoms with Gasteiger partial charge in [-0.15, -0.1) is 0 Å². The van der Waals surface area contributed by atoms with Crippen LogP contribution in [0.2, 0.25) is 39.3 Å². The van der Waals surface area contributed by atoms with Crippen LogP contribution >= 0.6 is 0 Å². The van der Waals surface area contributed by atoms with Crippen LogP contribution in [0.3, 0.4) is 0 Å². The van der Waals surface area contributed by atoms with Gasteiger partial charge in [0.1, 0.15) is 5.60 Å². The van der Waals surface area contributed by atoms with E-state index in [9.17, 15) is 0 Å². The van der Waals surface area contributed by atoms with Gasteiger partial charge in [-0.25, -0.2) is 0 Å². The molecule has 4 heteroatoms. The Kier molecular flexibility index (Phi) is 4.30. The summed E-state index contributed by atoms with van der Waals surface area (Å²) in [6.45, 7) is 15.9. The minimum atomic E-state index is -1.67. The molecule has 0 N–H and O–H groups in total. The van der Waals surface area contributed by atoms with E-state index >= 15 is 0 Å². The van der Waals surface area contributed by atoms with Gasteiger partial charge in [0.15, 0.2) is 16.6 Å². The molecule has 1 fully saturated rings. The Balaban J connectivity index is 2.43. The molecular weight excluding hydrogens is 292 g/mol. The molecule has 0 spiro atoms. The second-order valence-electron chi connectivity index (χ2n) is 8.35. The average molecular weight is 323 g/mol. The summed E-state index contributed by atoms with van der Waals surface area (Å²) in [5.41, 5.74) is 0.817. The smallest absolute Gasteiger partial charge is 0.185 e. The maximum absolute atomic E-state index is 6.74. The van der Waals surface area contributed by atoms with E-state index in [1.54, 1.807) is 0 Å². The summed E-state index contributed by atoms with van der Waals surface area (Å²) in [5.74, 6) is 0. The number of hydrogen-bond donors (Lipinski definition) is 0. The van der Waals surface area contributed by atoms with Crippen LogP contribution in [0.5, 0.6) is 0 Å². The van der Waals surface area contributed by atoms with Gasteiger partial charge in [-0.05, 0) is 64.6 Å². The summed E-state index contributed by atoms with van der Waals surface area (Å²) in [5, 5.41) is 0. The topological polar surface area (TPSA) is 18.5 Å². The lowest BCUT2D eigenvalue weighted by molar-refractivity contribution is -0.197. The molecule has 0 radical (unpaired) electrons. The van der Waals surface area contributed by atoms with Crippen LogP contribution in [0.25, 0.3) is 0 Å². The third kappa shape index (κ3) is 3.50. The molecular formula is C17H30O2Si2. The predicted octanol–water partition coefficient (Wildman–Crippen LogP) is 5.14. The Morgan fingerprint density at radius 2 is 1.33 bits per heavy atom. The number of hydrogen-bond acceptors (Lipinski definition) is 2. The van der Waals surface area contributed by atoms with Gasteiger partial charge >= 0.3 is 0 Å². The highest BCUT2D eigenvalue weighted by molar-refractivity contribution is 6.70. The van der Waals surface area contributed by atoms with E-state index in [2.05, 4.69) is 76.5 Å². The van der Waals surface area contributed by atoms with Gasteiger partial charge in [0.2, 0.25) is 0 Å². The molecule has 2 atom stereocenters. The van der Waals surface area contributed by atoms with Crippen molar-refractivity contribution < 1.29 is 8.85 Å². The zero-order chi connectivity index (χ0) is 15.9. The van der Waals surface area contributed by atoms with Gasteiger partial charge < -0.3 is 8.85 Å². The summed E-state index contributed by atoms with van der Waals surface area (Å²) in [7, 11) is -3.30. The number of rotatable bonds is 5. The van der Waals surface area contributed by atoms with Crippen LogP contribution in [-0.2, 0) is 14.5 Å². The van der Waals surface area contributed by atoms with Crippen molar-refractivity contribution in [3.05, 3.63) is 35.9 Å². The van der Waals surface area contributed by atoms with E-state index in [0.29, 0.717) is 0 Å². The molecule has 21 heavy (non-hydrogen) atoms. The van der Waals surface area contributed by atoms with E-state index < -0.39 is 16.6 Å². The van der Waals surface area contributed by atoms with Crippen LogP contribution in [-0.4, -0.2) is 22.2 Å². The van der Waals surface area contributed by atoms with Crippen molar-refractivity contribution in [3.8, 4) is 0 Å². The van der Waals surface area contributed by atoms with E-state index in [4.69, 9.17) is 8.85 Å². The van der Waals surface area contributed by atoms with Gasteiger partial charge in [-0.3, -0.25) is 0 Å². The van der Waals surface area contributed by atoms with Crippen molar-refractivity contribution in [3.63, 3.8) is 0 Å². The molecule has 0 heterocycles. The standard InChI is InChI=1S/C17H30O2Si2/c1-16(18-20(2,3)4)13-14-17(16,19-21(5,6)7)15-11-9-8-10-12-15/h8-12H,13-14H2,1-7H3. The summed E-state index contributed by atoms with van der Waals surface area (Å²) >= 11 is 0. The van der Waals surface area contributed by atoms with Crippen LogP contribution in [0.4, 0.5) is 0 Å². The highest BCUT2D eigenvalue weighted by Crippen LogP contribution is 2.56. The lowest BCUT2D eigenvalue weighted by Gasteiger charge is -2.61. The Morgan fingerprint density at radius 1 is 0.810 bits per heavy atom. The zero-order valence-corrected chi connectivity index (χ0v) is 16.6. The molecule has 0 aromatic heterocycles. The Bertz CT molecular complexity index is 490. The summed E-state index contributed by atoms with van der Waals surface area (Å²) in [4.78, 5) is 0. The van der Waals surface area contributed by atoms with Crippen LogP contribution in [0.1, 0.15) is 25.3 Å². The van der Waals surface area contributed by atoms with Crippen molar-refractivity contribution in [2.45, 2.75) is 70.2 Å².